The number of nitrogens with one attached hydrogen (secondary N) is 2. The van der Waals surface area contributed by atoms with E-state index in [1.54, 1.807) is 18.2 Å². The number of piperidine rings is 1. The summed E-state index contributed by atoms with van der Waals surface area (Å²) in [6, 6.07) is 6.76. The summed E-state index contributed by atoms with van der Waals surface area (Å²) >= 11 is 0. The minimum Gasteiger partial charge on any atom is -0.508 e. The van der Waals surface area contributed by atoms with Gasteiger partial charge in [-0.3, -0.25) is 0 Å². The number of hydrogen-bond donors (Lipinski definition) is 3. The molecule has 0 radical (unpaired) electrons. The molecule has 3 nitrogen and oxygen atoms in total. The van der Waals surface area contributed by atoms with Crippen LogP contribution >= 0.6 is 0 Å². The Morgan fingerprint density at radius 3 is 2.81 bits per heavy atom. The minimum absolute atomic E-state index is 0.197. The van der Waals surface area contributed by atoms with Crippen molar-refractivity contribution in [1.82, 2.24) is 5.32 Å². The number of alkyl halides is 1. The molecule has 1 aromatic rings. The van der Waals surface area contributed by atoms with Gasteiger partial charge in [0.25, 0.3) is 0 Å². The fraction of sp³-hybridized carbons (Fsp3) is 0.500. The molecule has 1 saturated heterocycles. The second-order valence-corrected chi connectivity index (χ2v) is 4.30. The summed E-state index contributed by atoms with van der Waals surface area (Å²) in [6.45, 7) is 1.77. The average Bonchev–Trinajstić information content (AvgIpc) is 2.28. The molecule has 0 aliphatic carbocycles. The van der Waals surface area contributed by atoms with Gasteiger partial charge >= 0.3 is 0 Å². The van der Waals surface area contributed by atoms with Gasteiger partial charge in [0.2, 0.25) is 0 Å². The monoisotopic (exact) mass is 224 g/mol. The number of aromatic hydroxyl groups is 1. The van der Waals surface area contributed by atoms with Crippen molar-refractivity contribution in [3.63, 3.8) is 0 Å². The Hall–Kier alpha value is -1.29. The van der Waals surface area contributed by atoms with Crippen molar-refractivity contribution >= 4 is 5.69 Å². The number of rotatable bonds is 3. The molecule has 0 spiro atoms. The number of hydrogen-bond acceptors (Lipinski definition) is 3. The number of anilines is 1. The van der Waals surface area contributed by atoms with E-state index in [0.29, 0.717) is 19.4 Å². The van der Waals surface area contributed by atoms with Crippen LogP contribution in [0.4, 0.5) is 10.1 Å². The number of benzene rings is 1. The van der Waals surface area contributed by atoms with Gasteiger partial charge in [-0.05, 0) is 38.1 Å². The summed E-state index contributed by atoms with van der Waals surface area (Å²) in [7, 11) is 0. The Kier molecular flexibility index (Phi) is 3.29. The van der Waals surface area contributed by atoms with Gasteiger partial charge in [-0.25, -0.2) is 4.39 Å². The topological polar surface area (TPSA) is 44.3 Å². The molecule has 1 aromatic carbocycles. The van der Waals surface area contributed by atoms with Crippen LogP contribution in [-0.4, -0.2) is 30.4 Å². The van der Waals surface area contributed by atoms with E-state index in [1.807, 2.05) is 6.07 Å². The van der Waals surface area contributed by atoms with E-state index < -0.39 is 5.67 Å². The van der Waals surface area contributed by atoms with Crippen LogP contribution in [0.3, 0.4) is 0 Å². The van der Waals surface area contributed by atoms with E-state index in [4.69, 9.17) is 0 Å². The molecule has 88 valence electrons. The Morgan fingerprint density at radius 1 is 1.38 bits per heavy atom. The maximum atomic E-state index is 14.2. The van der Waals surface area contributed by atoms with Crippen molar-refractivity contribution in [3.8, 4) is 5.75 Å². The van der Waals surface area contributed by atoms with Crippen molar-refractivity contribution in [2.24, 2.45) is 0 Å². The molecule has 2 rings (SSSR count). The third-order valence-corrected chi connectivity index (χ3v) is 2.96. The molecule has 1 aliphatic rings. The Labute approximate surface area is 94.7 Å². The van der Waals surface area contributed by atoms with Crippen LogP contribution in [0.2, 0.25) is 0 Å². The zero-order valence-electron chi connectivity index (χ0n) is 9.17. The van der Waals surface area contributed by atoms with Crippen LogP contribution in [0.25, 0.3) is 0 Å². The smallest absolute Gasteiger partial charge is 0.130 e. The Morgan fingerprint density at radius 2 is 2.12 bits per heavy atom. The molecule has 16 heavy (non-hydrogen) atoms. The van der Waals surface area contributed by atoms with Gasteiger partial charge in [0.05, 0.1) is 0 Å². The van der Waals surface area contributed by atoms with Gasteiger partial charge < -0.3 is 15.7 Å². The fourth-order valence-electron chi connectivity index (χ4n) is 1.93. The normalized spacial score (nSPS) is 19.3. The lowest BCUT2D eigenvalue weighted by atomic mass is 9.94. The maximum Gasteiger partial charge on any atom is 0.130 e. The molecule has 1 heterocycles. The molecule has 4 heteroatoms. The number of phenols is 1. The van der Waals surface area contributed by atoms with E-state index in [1.165, 1.54) is 0 Å². The van der Waals surface area contributed by atoms with Gasteiger partial charge in [0.15, 0.2) is 0 Å². The minimum atomic E-state index is -1.13. The molecular formula is C12H17FN2O. The van der Waals surface area contributed by atoms with Crippen molar-refractivity contribution in [2.75, 3.05) is 25.0 Å². The van der Waals surface area contributed by atoms with Crippen molar-refractivity contribution in [3.05, 3.63) is 24.3 Å². The lowest BCUT2D eigenvalue weighted by Gasteiger charge is -2.30. The van der Waals surface area contributed by atoms with Crippen LogP contribution in [0.5, 0.6) is 5.75 Å². The molecule has 0 atom stereocenters. The van der Waals surface area contributed by atoms with Crippen LogP contribution in [0.15, 0.2) is 24.3 Å². The lowest BCUT2D eigenvalue weighted by Crippen LogP contribution is -2.43. The highest BCUT2D eigenvalue weighted by atomic mass is 19.1. The highest BCUT2D eigenvalue weighted by molar-refractivity contribution is 5.47. The molecule has 0 bridgehead atoms. The fourth-order valence-corrected chi connectivity index (χ4v) is 1.93. The molecule has 1 fully saturated rings. The van der Waals surface area contributed by atoms with Crippen LogP contribution in [0.1, 0.15) is 12.8 Å². The largest absolute Gasteiger partial charge is 0.508 e. The summed E-state index contributed by atoms with van der Waals surface area (Å²) in [5.41, 5.74) is -0.368. The molecule has 1 aliphatic heterocycles. The molecule has 0 amide bonds. The second-order valence-electron chi connectivity index (χ2n) is 4.30. The van der Waals surface area contributed by atoms with Gasteiger partial charge in [-0.2, -0.15) is 0 Å². The first-order valence-corrected chi connectivity index (χ1v) is 5.61. The second kappa shape index (κ2) is 4.70. The summed E-state index contributed by atoms with van der Waals surface area (Å²) in [5, 5.41) is 15.4. The quantitative estimate of drug-likeness (QED) is 0.734. The van der Waals surface area contributed by atoms with Crippen LogP contribution < -0.4 is 10.6 Å². The SMILES string of the molecule is Oc1cccc(NCC2(F)CCNCC2)c1. The van der Waals surface area contributed by atoms with Gasteiger partial charge in [0, 0.05) is 18.3 Å². The van der Waals surface area contributed by atoms with Crippen LogP contribution in [0, 0.1) is 0 Å². The van der Waals surface area contributed by atoms with Crippen molar-refractivity contribution < 1.29 is 9.50 Å². The molecule has 0 aromatic heterocycles. The highest BCUT2D eigenvalue weighted by Crippen LogP contribution is 2.24. The van der Waals surface area contributed by atoms with E-state index in [-0.39, 0.29) is 5.75 Å². The number of phenolic OH excluding ortho intramolecular Hbond substituents is 1. The van der Waals surface area contributed by atoms with Crippen LogP contribution in [-0.2, 0) is 0 Å². The van der Waals surface area contributed by atoms with Gasteiger partial charge in [-0.1, -0.05) is 6.07 Å². The maximum absolute atomic E-state index is 14.2. The predicted octanol–water partition coefficient (Wildman–Crippen LogP) is 1.90. The first-order chi connectivity index (χ1) is 7.68. The van der Waals surface area contributed by atoms with Crippen molar-refractivity contribution in [2.45, 2.75) is 18.5 Å². The molecule has 0 unspecified atom stereocenters. The van der Waals surface area contributed by atoms with Gasteiger partial charge in [0.1, 0.15) is 11.4 Å². The zero-order valence-corrected chi connectivity index (χ0v) is 9.17. The molecular weight excluding hydrogens is 207 g/mol. The first kappa shape index (κ1) is 11.2. The summed E-state index contributed by atoms with van der Waals surface area (Å²) in [5.74, 6) is 0.197. The average molecular weight is 224 g/mol. The van der Waals surface area contributed by atoms with E-state index in [2.05, 4.69) is 10.6 Å². The third kappa shape index (κ3) is 2.85. The first-order valence-electron chi connectivity index (χ1n) is 5.61. The summed E-state index contributed by atoms with van der Waals surface area (Å²) in [4.78, 5) is 0. The number of halogens is 1. The van der Waals surface area contributed by atoms with E-state index in [0.717, 1.165) is 18.8 Å². The highest BCUT2D eigenvalue weighted by Gasteiger charge is 2.31. The summed E-state index contributed by atoms with van der Waals surface area (Å²) < 4.78 is 14.2. The van der Waals surface area contributed by atoms with E-state index >= 15 is 0 Å². The molecule has 0 saturated carbocycles. The predicted molar refractivity (Wildman–Crippen MR) is 62.5 cm³/mol. The summed E-state index contributed by atoms with van der Waals surface area (Å²) in [6.07, 6.45) is 1.08. The Balaban J connectivity index is 1.91. The lowest BCUT2D eigenvalue weighted by molar-refractivity contribution is 0.131. The van der Waals surface area contributed by atoms with E-state index in [9.17, 15) is 9.50 Å². The standard InChI is InChI=1S/C12H17FN2O/c13-12(4-6-14-7-5-12)9-15-10-2-1-3-11(16)8-10/h1-3,8,14-16H,4-7,9H2. The Bertz CT molecular complexity index is 351. The van der Waals surface area contributed by atoms with Gasteiger partial charge in [-0.15, -0.1) is 0 Å². The zero-order chi connectivity index (χ0) is 11.4. The molecule has 3 N–H and O–H groups in total. The van der Waals surface area contributed by atoms with Crippen molar-refractivity contribution in [1.29, 1.82) is 0 Å². The third-order valence-electron chi connectivity index (χ3n) is 2.96.